The summed E-state index contributed by atoms with van der Waals surface area (Å²) >= 11 is 0. The molecule has 0 aromatic heterocycles. The summed E-state index contributed by atoms with van der Waals surface area (Å²) in [5.41, 5.74) is 3.30. The van der Waals surface area contributed by atoms with Crippen LogP contribution in [-0.2, 0) is 14.9 Å². The van der Waals surface area contributed by atoms with Crippen molar-refractivity contribution in [2.24, 2.45) is 0 Å². The molecule has 0 radical (unpaired) electrons. The SMILES string of the molecule is CCCOC(=O)c1ccc(NC(=O)COc2ccc(C(C)(C)c3ccccc3)cc2)cc1. The summed E-state index contributed by atoms with van der Waals surface area (Å²) in [4.78, 5) is 24.1. The summed E-state index contributed by atoms with van der Waals surface area (Å²) in [7, 11) is 0. The zero-order chi connectivity index (χ0) is 23.0. The average Bonchev–Trinajstić information content (AvgIpc) is 2.82. The van der Waals surface area contributed by atoms with Gasteiger partial charge in [0, 0.05) is 11.1 Å². The van der Waals surface area contributed by atoms with Crippen molar-refractivity contribution in [3.8, 4) is 5.75 Å². The highest BCUT2D eigenvalue weighted by atomic mass is 16.5. The number of hydrogen-bond donors (Lipinski definition) is 1. The number of anilines is 1. The zero-order valence-corrected chi connectivity index (χ0v) is 18.8. The smallest absolute Gasteiger partial charge is 0.338 e. The molecule has 3 rings (SSSR count). The number of hydrogen-bond acceptors (Lipinski definition) is 4. The maximum Gasteiger partial charge on any atom is 0.338 e. The van der Waals surface area contributed by atoms with Gasteiger partial charge in [-0.2, -0.15) is 0 Å². The van der Waals surface area contributed by atoms with Crippen molar-refractivity contribution in [3.05, 3.63) is 95.6 Å². The van der Waals surface area contributed by atoms with Crippen LogP contribution in [0.3, 0.4) is 0 Å². The highest BCUT2D eigenvalue weighted by Crippen LogP contribution is 2.32. The van der Waals surface area contributed by atoms with Gasteiger partial charge in [0.2, 0.25) is 0 Å². The standard InChI is InChI=1S/C27H29NO4/c1-4-18-31-26(30)20-10-14-23(15-11-20)28-25(29)19-32-24-16-12-22(13-17-24)27(2,3)21-8-6-5-7-9-21/h5-17H,4,18-19H2,1-3H3,(H,28,29). The predicted molar refractivity (Wildman–Crippen MR) is 126 cm³/mol. The van der Waals surface area contributed by atoms with Gasteiger partial charge in [-0.15, -0.1) is 0 Å². The Hall–Kier alpha value is -3.60. The van der Waals surface area contributed by atoms with E-state index in [1.165, 1.54) is 5.56 Å². The number of esters is 1. The second-order valence-corrected chi connectivity index (χ2v) is 8.07. The Labute approximate surface area is 189 Å². The molecule has 0 saturated carbocycles. The molecule has 1 N–H and O–H groups in total. The first-order valence-electron chi connectivity index (χ1n) is 10.8. The minimum atomic E-state index is -0.369. The van der Waals surface area contributed by atoms with Gasteiger partial charge in [0.05, 0.1) is 12.2 Å². The molecule has 0 saturated heterocycles. The molecule has 0 aliphatic heterocycles. The first kappa shape index (κ1) is 23.1. The lowest BCUT2D eigenvalue weighted by Gasteiger charge is -2.26. The van der Waals surface area contributed by atoms with Crippen LogP contribution in [0.5, 0.6) is 5.75 Å². The predicted octanol–water partition coefficient (Wildman–Crippen LogP) is 5.60. The van der Waals surface area contributed by atoms with Crippen LogP contribution in [0.25, 0.3) is 0 Å². The molecule has 0 aliphatic carbocycles. The van der Waals surface area contributed by atoms with E-state index in [0.29, 0.717) is 23.6 Å². The molecule has 0 spiro atoms. The molecule has 0 bridgehead atoms. The van der Waals surface area contributed by atoms with Gasteiger partial charge in [-0.05, 0) is 53.9 Å². The van der Waals surface area contributed by atoms with Gasteiger partial charge in [0.15, 0.2) is 6.61 Å². The minimum absolute atomic E-state index is 0.109. The molecule has 0 heterocycles. The van der Waals surface area contributed by atoms with Gasteiger partial charge in [0.1, 0.15) is 5.75 Å². The van der Waals surface area contributed by atoms with Crippen LogP contribution >= 0.6 is 0 Å². The first-order valence-corrected chi connectivity index (χ1v) is 10.8. The van der Waals surface area contributed by atoms with E-state index < -0.39 is 0 Å². The van der Waals surface area contributed by atoms with Gasteiger partial charge in [-0.25, -0.2) is 4.79 Å². The number of amides is 1. The number of carbonyl (C=O) groups excluding carboxylic acids is 2. The third kappa shape index (κ3) is 5.97. The van der Waals surface area contributed by atoms with Gasteiger partial charge in [0.25, 0.3) is 5.91 Å². The van der Waals surface area contributed by atoms with Crippen molar-refractivity contribution >= 4 is 17.6 Å². The molecule has 5 heteroatoms. The lowest BCUT2D eigenvalue weighted by Crippen LogP contribution is -2.20. The third-order valence-electron chi connectivity index (χ3n) is 5.28. The van der Waals surface area contributed by atoms with Crippen molar-refractivity contribution < 1.29 is 19.1 Å². The Morgan fingerprint density at radius 3 is 2.09 bits per heavy atom. The Balaban J connectivity index is 1.52. The number of ether oxygens (including phenoxy) is 2. The normalized spacial score (nSPS) is 11.0. The number of rotatable bonds is 9. The van der Waals surface area contributed by atoms with Crippen molar-refractivity contribution in [1.82, 2.24) is 0 Å². The fourth-order valence-corrected chi connectivity index (χ4v) is 3.30. The maximum atomic E-state index is 12.2. The Bertz CT molecular complexity index is 1030. The van der Waals surface area contributed by atoms with Crippen molar-refractivity contribution in [2.45, 2.75) is 32.6 Å². The fraction of sp³-hybridized carbons (Fsp3) is 0.259. The lowest BCUT2D eigenvalue weighted by atomic mass is 9.78. The largest absolute Gasteiger partial charge is 0.484 e. The van der Waals surface area contributed by atoms with E-state index in [1.54, 1.807) is 24.3 Å². The topological polar surface area (TPSA) is 64.6 Å². The molecule has 1 amide bonds. The quantitative estimate of drug-likeness (QED) is 0.448. The monoisotopic (exact) mass is 431 g/mol. The van der Waals surface area contributed by atoms with E-state index in [2.05, 4.69) is 31.3 Å². The minimum Gasteiger partial charge on any atom is -0.484 e. The van der Waals surface area contributed by atoms with Crippen LogP contribution in [0.15, 0.2) is 78.9 Å². The summed E-state index contributed by atoms with van der Waals surface area (Å²) in [6.07, 6.45) is 0.771. The summed E-state index contributed by atoms with van der Waals surface area (Å²) < 4.78 is 10.7. The van der Waals surface area contributed by atoms with E-state index in [9.17, 15) is 9.59 Å². The second kappa shape index (κ2) is 10.6. The molecular formula is C27H29NO4. The summed E-state index contributed by atoms with van der Waals surface area (Å²) in [6.45, 7) is 6.58. The molecule has 3 aromatic carbocycles. The van der Waals surface area contributed by atoms with E-state index >= 15 is 0 Å². The maximum absolute atomic E-state index is 12.2. The molecule has 0 unspecified atom stereocenters. The summed E-state index contributed by atoms with van der Waals surface area (Å²) in [6, 6.07) is 24.7. The lowest BCUT2D eigenvalue weighted by molar-refractivity contribution is -0.118. The van der Waals surface area contributed by atoms with Gasteiger partial charge in [-0.1, -0.05) is 63.2 Å². The van der Waals surface area contributed by atoms with Crippen LogP contribution in [0.2, 0.25) is 0 Å². The Morgan fingerprint density at radius 1 is 0.844 bits per heavy atom. The van der Waals surface area contributed by atoms with Gasteiger partial charge >= 0.3 is 5.97 Å². The molecule has 3 aromatic rings. The third-order valence-corrected chi connectivity index (χ3v) is 5.28. The van der Waals surface area contributed by atoms with Crippen LogP contribution < -0.4 is 10.1 Å². The summed E-state index contributed by atoms with van der Waals surface area (Å²) in [5, 5.41) is 2.76. The average molecular weight is 432 g/mol. The van der Waals surface area contributed by atoms with Crippen molar-refractivity contribution in [3.63, 3.8) is 0 Å². The Kier molecular flexibility index (Phi) is 7.66. The van der Waals surface area contributed by atoms with Crippen molar-refractivity contribution in [1.29, 1.82) is 0 Å². The molecule has 32 heavy (non-hydrogen) atoms. The molecular weight excluding hydrogens is 402 g/mol. The molecule has 0 atom stereocenters. The van der Waals surface area contributed by atoms with E-state index in [-0.39, 0.29) is 23.9 Å². The second-order valence-electron chi connectivity index (χ2n) is 8.07. The van der Waals surface area contributed by atoms with E-state index in [0.717, 1.165) is 12.0 Å². The first-order chi connectivity index (χ1) is 15.4. The van der Waals surface area contributed by atoms with Crippen LogP contribution in [-0.4, -0.2) is 25.1 Å². The number of carbonyl (C=O) groups is 2. The van der Waals surface area contributed by atoms with Crippen LogP contribution in [0.4, 0.5) is 5.69 Å². The van der Waals surface area contributed by atoms with Crippen LogP contribution in [0, 0.1) is 0 Å². The fourth-order valence-electron chi connectivity index (χ4n) is 3.30. The number of benzene rings is 3. The van der Waals surface area contributed by atoms with E-state index in [4.69, 9.17) is 9.47 Å². The Morgan fingerprint density at radius 2 is 1.47 bits per heavy atom. The van der Waals surface area contributed by atoms with Gasteiger partial charge < -0.3 is 14.8 Å². The van der Waals surface area contributed by atoms with Crippen molar-refractivity contribution in [2.75, 3.05) is 18.5 Å². The summed E-state index contributed by atoms with van der Waals surface area (Å²) in [5.74, 6) is -0.0197. The van der Waals surface area contributed by atoms with E-state index in [1.807, 2.05) is 49.4 Å². The van der Waals surface area contributed by atoms with Crippen LogP contribution in [0.1, 0.15) is 48.7 Å². The molecule has 0 aliphatic rings. The number of nitrogens with one attached hydrogen (secondary N) is 1. The highest BCUT2D eigenvalue weighted by molar-refractivity contribution is 5.93. The zero-order valence-electron chi connectivity index (χ0n) is 18.8. The van der Waals surface area contributed by atoms with Gasteiger partial charge in [-0.3, -0.25) is 4.79 Å². The molecule has 5 nitrogen and oxygen atoms in total. The highest BCUT2D eigenvalue weighted by Gasteiger charge is 2.22. The molecule has 166 valence electrons. The molecule has 0 fully saturated rings.